The molecule has 1 amide bonds. The summed E-state index contributed by atoms with van der Waals surface area (Å²) in [6, 6.07) is 8.09. The van der Waals surface area contributed by atoms with Crippen molar-refractivity contribution in [1.29, 1.82) is 0 Å². The number of aromatic nitrogens is 3. The fraction of sp³-hybridized carbons (Fsp3) is 0.438. The molecule has 0 radical (unpaired) electrons. The number of hydrogen-bond donors (Lipinski definition) is 1. The molecule has 1 aliphatic rings. The predicted molar refractivity (Wildman–Crippen MR) is 89.3 cm³/mol. The molecule has 0 unspecified atom stereocenters. The molecule has 1 N–H and O–H groups in total. The number of morpholine rings is 1. The molecule has 1 aliphatic heterocycles. The van der Waals surface area contributed by atoms with Crippen LogP contribution < -0.4 is 0 Å². The third-order valence-electron chi connectivity index (χ3n) is 3.74. The minimum atomic E-state index is -0.213. The van der Waals surface area contributed by atoms with Crippen molar-refractivity contribution in [3.63, 3.8) is 0 Å². The Morgan fingerprint density at radius 1 is 1.30 bits per heavy atom. The first-order chi connectivity index (χ1) is 11.1. The topological polar surface area (TPSA) is 71.1 Å². The van der Waals surface area contributed by atoms with Gasteiger partial charge in [0.05, 0.1) is 18.5 Å². The Hall–Kier alpha value is -1.86. The van der Waals surface area contributed by atoms with E-state index in [9.17, 15) is 4.79 Å². The first kappa shape index (κ1) is 16.0. The number of nitrogens with zero attached hydrogens (tertiary/aromatic N) is 3. The molecule has 23 heavy (non-hydrogen) atoms. The van der Waals surface area contributed by atoms with E-state index in [0.717, 1.165) is 11.4 Å². The summed E-state index contributed by atoms with van der Waals surface area (Å²) in [5, 5.41) is 7.53. The van der Waals surface area contributed by atoms with Crippen LogP contribution in [0.5, 0.6) is 0 Å². The van der Waals surface area contributed by atoms with E-state index in [-0.39, 0.29) is 11.2 Å². The Morgan fingerprint density at radius 3 is 2.70 bits per heavy atom. The summed E-state index contributed by atoms with van der Waals surface area (Å²) in [5.41, 5.74) is 2.19. The number of carbonyl (C=O) groups excluding carboxylic acids is 1. The van der Waals surface area contributed by atoms with Crippen LogP contribution in [0.2, 0.25) is 0 Å². The van der Waals surface area contributed by atoms with Crippen molar-refractivity contribution < 1.29 is 9.53 Å². The van der Waals surface area contributed by atoms with E-state index in [1.807, 2.05) is 43.0 Å². The van der Waals surface area contributed by atoms with E-state index in [1.54, 1.807) is 0 Å². The Kier molecular flexibility index (Phi) is 4.97. The average molecular weight is 332 g/mol. The summed E-state index contributed by atoms with van der Waals surface area (Å²) in [5.74, 6) is 0.832. The number of hydrogen-bond acceptors (Lipinski definition) is 5. The van der Waals surface area contributed by atoms with E-state index >= 15 is 0 Å². The number of rotatable bonds is 4. The molecular formula is C16H20N4O2S. The normalized spacial score (nSPS) is 16.3. The minimum absolute atomic E-state index is 0.111. The van der Waals surface area contributed by atoms with Crippen LogP contribution >= 0.6 is 11.8 Å². The highest BCUT2D eigenvalue weighted by Gasteiger charge is 2.24. The van der Waals surface area contributed by atoms with E-state index in [2.05, 4.69) is 15.2 Å². The van der Waals surface area contributed by atoms with Gasteiger partial charge in [0.2, 0.25) is 11.1 Å². The largest absolute Gasteiger partial charge is 0.378 e. The van der Waals surface area contributed by atoms with Crippen molar-refractivity contribution in [2.75, 3.05) is 26.3 Å². The van der Waals surface area contributed by atoms with Crippen molar-refractivity contribution in [3.8, 4) is 11.4 Å². The summed E-state index contributed by atoms with van der Waals surface area (Å²) < 4.78 is 5.28. The molecule has 3 rings (SSSR count). The summed E-state index contributed by atoms with van der Waals surface area (Å²) in [6.07, 6.45) is 0. The van der Waals surface area contributed by atoms with Crippen LogP contribution in [0.1, 0.15) is 12.5 Å². The number of carbonyl (C=O) groups is 1. The number of aryl methyl sites for hydroxylation is 1. The number of amides is 1. The molecule has 0 aliphatic carbocycles. The van der Waals surface area contributed by atoms with Crippen LogP contribution in [0.15, 0.2) is 29.4 Å². The van der Waals surface area contributed by atoms with Crippen molar-refractivity contribution in [1.82, 2.24) is 20.1 Å². The maximum Gasteiger partial charge on any atom is 0.236 e. The Balaban J connectivity index is 1.64. The molecule has 0 spiro atoms. The fourth-order valence-electron chi connectivity index (χ4n) is 2.39. The first-order valence-corrected chi connectivity index (χ1v) is 8.54. The quantitative estimate of drug-likeness (QED) is 0.869. The zero-order valence-electron chi connectivity index (χ0n) is 13.3. The third kappa shape index (κ3) is 3.92. The van der Waals surface area contributed by atoms with Gasteiger partial charge >= 0.3 is 0 Å². The number of nitrogens with one attached hydrogen (secondary N) is 1. The molecule has 1 fully saturated rings. The molecule has 6 nitrogen and oxygen atoms in total. The van der Waals surface area contributed by atoms with Gasteiger partial charge in [-0.2, -0.15) is 0 Å². The molecule has 2 heterocycles. The molecular weight excluding hydrogens is 312 g/mol. The predicted octanol–water partition coefficient (Wildman–Crippen LogP) is 2.12. The van der Waals surface area contributed by atoms with Gasteiger partial charge < -0.3 is 9.64 Å². The standard InChI is InChI=1S/C16H20N4O2S/c1-11-3-5-13(6-4-11)14-17-16(19-18-14)23-12(2)15(21)20-7-9-22-10-8-20/h3-6,12H,7-10H2,1-2H3,(H,17,18,19)/t12-/m0/s1. The molecule has 1 aromatic carbocycles. The van der Waals surface area contributed by atoms with Gasteiger partial charge in [0.15, 0.2) is 5.82 Å². The number of thioether (sulfide) groups is 1. The average Bonchev–Trinajstić information content (AvgIpc) is 3.04. The van der Waals surface area contributed by atoms with Crippen LogP contribution in [0.25, 0.3) is 11.4 Å². The number of benzene rings is 1. The third-order valence-corrected chi connectivity index (χ3v) is 4.69. The van der Waals surface area contributed by atoms with Crippen molar-refractivity contribution in [2.45, 2.75) is 24.3 Å². The van der Waals surface area contributed by atoms with Gasteiger partial charge in [-0.1, -0.05) is 41.6 Å². The van der Waals surface area contributed by atoms with Crippen molar-refractivity contribution in [3.05, 3.63) is 29.8 Å². The molecule has 2 aromatic rings. The smallest absolute Gasteiger partial charge is 0.236 e. The van der Waals surface area contributed by atoms with Crippen LogP contribution in [-0.4, -0.2) is 57.5 Å². The molecule has 7 heteroatoms. The molecule has 0 bridgehead atoms. The van der Waals surface area contributed by atoms with Crippen LogP contribution in [0, 0.1) is 6.92 Å². The van der Waals surface area contributed by atoms with Crippen LogP contribution in [-0.2, 0) is 9.53 Å². The fourth-order valence-corrected chi connectivity index (χ4v) is 3.20. The zero-order valence-corrected chi connectivity index (χ0v) is 14.1. The van der Waals surface area contributed by atoms with Crippen LogP contribution in [0.4, 0.5) is 0 Å². The van der Waals surface area contributed by atoms with Gasteiger partial charge in [0, 0.05) is 18.7 Å². The van der Waals surface area contributed by atoms with Gasteiger partial charge in [-0.05, 0) is 13.8 Å². The molecule has 0 saturated carbocycles. The highest BCUT2D eigenvalue weighted by atomic mass is 32.2. The van der Waals surface area contributed by atoms with Crippen molar-refractivity contribution in [2.24, 2.45) is 0 Å². The van der Waals surface area contributed by atoms with Gasteiger partial charge in [-0.15, -0.1) is 5.10 Å². The highest BCUT2D eigenvalue weighted by molar-refractivity contribution is 8.00. The lowest BCUT2D eigenvalue weighted by molar-refractivity contribution is -0.134. The van der Waals surface area contributed by atoms with E-state index in [4.69, 9.17) is 4.74 Å². The summed E-state index contributed by atoms with van der Waals surface area (Å²) in [4.78, 5) is 18.7. The van der Waals surface area contributed by atoms with Gasteiger partial charge in [0.25, 0.3) is 0 Å². The van der Waals surface area contributed by atoms with Crippen LogP contribution in [0.3, 0.4) is 0 Å². The summed E-state index contributed by atoms with van der Waals surface area (Å²) in [7, 11) is 0. The second kappa shape index (κ2) is 7.14. The monoisotopic (exact) mass is 332 g/mol. The maximum absolute atomic E-state index is 12.4. The molecule has 1 atom stereocenters. The minimum Gasteiger partial charge on any atom is -0.378 e. The van der Waals surface area contributed by atoms with Gasteiger partial charge in [-0.3, -0.25) is 9.89 Å². The van der Waals surface area contributed by atoms with Crippen molar-refractivity contribution >= 4 is 17.7 Å². The first-order valence-electron chi connectivity index (χ1n) is 7.66. The van der Waals surface area contributed by atoms with Gasteiger partial charge in [-0.25, -0.2) is 4.98 Å². The molecule has 1 aromatic heterocycles. The zero-order chi connectivity index (χ0) is 16.2. The van der Waals surface area contributed by atoms with E-state index in [1.165, 1.54) is 17.3 Å². The van der Waals surface area contributed by atoms with Gasteiger partial charge in [0.1, 0.15) is 0 Å². The second-order valence-electron chi connectivity index (χ2n) is 5.53. The SMILES string of the molecule is Cc1ccc(-c2nc(S[C@@H](C)C(=O)N3CCOCC3)n[nH]2)cc1. The second-order valence-corrected chi connectivity index (χ2v) is 6.84. The lowest BCUT2D eigenvalue weighted by Gasteiger charge is -2.28. The molecule has 1 saturated heterocycles. The number of ether oxygens (including phenoxy) is 1. The number of H-pyrrole nitrogens is 1. The Morgan fingerprint density at radius 2 is 2.00 bits per heavy atom. The summed E-state index contributed by atoms with van der Waals surface area (Å²) >= 11 is 1.38. The highest BCUT2D eigenvalue weighted by Crippen LogP contribution is 2.24. The lowest BCUT2D eigenvalue weighted by Crippen LogP contribution is -2.44. The number of aromatic amines is 1. The Bertz CT molecular complexity index is 665. The van der Waals surface area contributed by atoms with E-state index < -0.39 is 0 Å². The maximum atomic E-state index is 12.4. The Labute approximate surface area is 139 Å². The molecule has 122 valence electrons. The lowest BCUT2D eigenvalue weighted by atomic mass is 10.1. The summed E-state index contributed by atoms with van der Waals surface area (Å²) in [6.45, 7) is 6.48. The van der Waals surface area contributed by atoms with E-state index in [0.29, 0.717) is 31.5 Å².